The van der Waals surface area contributed by atoms with Crippen LogP contribution in [0.25, 0.3) is 0 Å². The number of ether oxygens (including phenoxy) is 1. The Morgan fingerprint density at radius 3 is 2.55 bits per heavy atom. The van der Waals surface area contributed by atoms with E-state index in [1.165, 1.54) is 0 Å². The third-order valence-corrected chi connectivity index (χ3v) is 3.93. The molecule has 0 aliphatic rings. The summed E-state index contributed by atoms with van der Waals surface area (Å²) in [7, 11) is 0. The number of nitrogen functional groups attached to an aromatic ring is 1. The monoisotopic (exact) mass is 337 g/mol. The van der Waals surface area contributed by atoms with Crippen LogP contribution in [0.4, 0.5) is 5.69 Å². The Kier molecular flexibility index (Phi) is 5.69. The minimum absolute atomic E-state index is 0.0882. The van der Waals surface area contributed by atoms with Gasteiger partial charge in [0.1, 0.15) is 12.4 Å². The van der Waals surface area contributed by atoms with E-state index in [2.05, 4.69) is 0 Å². The van der Waals surface area contributed by atoms with Crippen LogP contribution in [-0.4, -0.2) is 5.78 Å². The second kappa shape index (κ2) is 7.52. The summed E-state index contributed by atoms with van der Waals surface area (Å²) in [5.41, 5.74) is 7.90. The molecule has 2 aromatic carbocycles. The van der Waals surface area contributed by atoms with Crippen LogP contribution in [0, 0.1) is 0 Å². The van der Waals surface area contributed by atoms with Gasteiger partial charge in [-0.15, -0.1) is 0 Å². The number of Topliss-reactive ketones (excluding diaryl/α,β-unsaturated/α-hetero) is 1. The maximum absolute atomic E-state index is 11.8. The first-order valence-electron chi connectivity index (χ1n) is 7.00. The van der Waals surface area contributed by atoms with Crippen LogP contribution < -0.4 is 10.5 Å². The summed E-state index contributed by atoms with van der Waals surface area (Å²) in [6.07, 6.45) is 1.33. The second-order valence-electron chi connectivity index (χ2n) is 4.96. The molecule has 0 unspecified atom stereocenters. The zero-order valence-corrected chi connectivity index (χ0v) is 13.7. The van der Waals surface area contributed by atoms with Crippen LogP contribution in [0.2, 0.25) is 10.0 Å². The average molecular weight is 338 g/mol. The zero-order valence-electron chi connectivity index (χ0n) is 12.2. The van der Waals surface area contributed by atoms with Crippen LogP contribution in [0.15, 0.2) is 36.4 Å². The van der Waals surface area contributed by atoms with Crippen LogP contribution in [0.1, 0.15) is 35.7 Å². The maximum atomic E-state index is 11.8. The fraction of sp³-hybridized carbons (Fsp3) is 0.235. The molecule has 0 spiro atoms. The molecular formula is C17H17Cl2NO2. The summed E-state index contributed by atoms with van der Waals surface area (Å²) in [5, 5.41) is 0.986. The van der Waals surface area contributed by atoms with Gasteiger partial charge in [-0.2, -0.15) is 0 Å². The Hall–Kier alpha value is -1.71. The molecule has 5 heteroatoms. The van der Waals surface area contributed by atoms with Crippen LogP contribution in [-0.2, 0) is 6.61 Å². The van der Waals surface area contributed by atoms with E-state index in [1.54, 1.807) is 30.3 Å². The lowest BCUT2D eigenvalue weighted by Gasteiger charge is -2.10. The third-order valence-electron chi connectivity index (χ3n) is 3.19. The Labute approximate surface area is 140 Å². The number of anilines is 1. The van der Waals surface area contributed by atoms with E-state index in [4.69, 9.17) is 33.7 Å². The Morgan fingerprint density at radius 1 is 1.14 bits per heavy atom. The molecule has 0 heterocycles. The van der Waals surface area contributed by atoms with Gasteiger partial charge in [0.15, 0.2) is 5.78 Å². The van der Waals surface area contributed by atoms with Crippen molar-refractivity contribution in [1.29, 1.82) is 0 Å². The molecule has 0 fully saturated rings. The van der Waals surface area contributed by atoms with Crippen molar-refractivity contribution in [2.45, 2.75) is 26.4 Å². The first kappa shape index (κ1) is 16.7. The van der Waals surface area contributed by atoms with Gasteiger partial charge in [0.05, 0.1) is 15.7 Å². The molecule has 116 valence electrons. The summed E-state index contributed by atoms with van der Waals surface area (Å²) in [5.74, 6) is 0.629. The maximum Gasteiger partial charge on any atom is 0.162 e. The standard InChI is InChI=1S/C17H17Cl2NO2/c1-2-3-16(21)12-5-7-17(15(20)9-12)22-10-11-4-6-13(18)14(19)8-11/h4-9H,2-3,10,20H2,1H3. The molecule has 22 heavy (non-hydrogen) atoms. The topological polar surface area (TPSA) is 52.3 Å². The fourth-order valence-corrected chi connectivity index (χ4v) is 2.34. The Balaban J connectivity index is 2.07. The van der Waals surface area contributed by atoms with E-state index in [-0.39, 0.29) is 5.78 Å². The van der Waals surface area contributed by atoms with Crippen molar-refractivity contribution in [3.63, 3.8) is 0 Å². The van der Waals surface area contributed by atoms with E-state index in [0.29, 0.717) is 40.1 Å². The van der Waals surface area contributed by atoms with Gasteiger partial charge < -0.3 is 10.5 Å². The molecule has 0 aliphatic carbocycles. The van der Waals surface area contributed by atoms with Crippen molar-refractivity contribution < 1.29 is 9.53 Å². The van der Waals surface area contributed by atoms with Gasteiger partial charge in [0.2, 0.25) is 0 Å². The Morgan fingerprint density at radius 2 is 1.91 bits per heavy atom. The van der Waals surface area contributed by atoms with Crippen molar-refractivity contribution in [1.82, 2.24) is 0 Å². The molecule has 2 N–H and O–H groups in total. The summed E-state index contributed by atoms with van der Waals surface area (Å²) in [6.45, 7) is 2.29. The molecule has 0 amide bonds. The highest BCUT2D eigenvalue weighted by atomic mass is 35.5. The molecule has 0 radical (unpaired) electrons. The van der Waals surface area contributed by atoms with Crippen molar-refractivity contribution in [2.24, 2.45) is 0 Å². The summed E-state index contributed by atoms with van der Waals surface area (Å²) < 4.78 is 5.67. The highest BCUT2D eigenvalue weighted by molar-refractivity contribution is 6.42. The Bertz CT molecular complexity index is 686. The quantitative estimate of drug-likeness (QED) is 0.586. The van der Waals surface area contributed by atoms with Gasteiger partial charge in [-0.05, 0) is 42.3 Å². The van der Waals surface area contributed by atoms with Crippen LogP contribution in [0.3, 0.4) is 0 Å². The number of carbonyl (C=O) groups is 1. The van der Waals surface area contributed by atoms with E-state index < -0.39 is 0 Å². The predicted molar refractivity (Wildman–Crippen MR) is 90.9 cm³/mol. The average Bonchev–Trinajstić information content (AvgIpc) is 2.49. The first-order valence-corrected chi connectivity index (χ1v) is 7.76. The number of benzene rings is 2. The third kappa shape index (κ3) is 4.15. The minimum atomic E-state index is 0.0882. The number of halogens is 2. The molecule has 2 aromatic rings. The van der Waals surface area contributed by atoms with Gasteiger partial charge in [-0.3, -0.25) is 4.79 Å². The SMILES string of the molecule is CCCC(=O)c1ccc(OCc2ccc(Cl)c(Cl)c2)c(N)c1. The first-order chi connectivity index (χ1) is 10.5. The van der Waals surface area contributed by atoms with Crippen LogP contribution >= 0.6 is 23.2 Å². The number of carbonyl (C=O) groups excluding carboxylic acids is 1. The molecule has 0 saturated heterocycles. The van der Waals surface area contributed by atoms with Gasteiger partial charge in [0, 0.05) is 12.0 Å². The predicted octanol–water partition coefficient (Wildman–Crippen LogP) is 5.14. The number of hydrogen-bond donors (Lipinski definition) is 1. The highest BCUT2D eigenvalue weighted by Crippen LogP contribution is 2.26. The van der Waals surface area contributed by atoms with Gasteiger partial charge >= 0.3 is 0 Å². The second-order valence-corrected chi connectivity index (χ2v) is 5.78. The van der Waals surface area contributed by atoms with Gasteiger partial charge in [-0.25, -0.2) is 0 Å². The number of rotatable bonds is 6. The molecule has 0 aromatic heterocycles. The molecule has 0 aliphatic heterocycles. The number of nitrogens with two attached hydrogens (primary N) is 1. The van der Waals surface area contributed by atoms with E-state index in [9.17, 15) is 4.79 Å². The van der Waals surface area contributed by atoms with Crippen molar-refractivity contribution >= 4 is 34.7 Å². The number of hydrogen-bond acceptors (Lipinski definition) is 3. The summed E-state index contributed by atoms with van der Waals surface area (Å²) in [4.78, 5) is 11.8. The molecule has 3 nitrogen and oxygen atoms in total. The molecule has 0 saturated carbocycles. The molecule has 0 atom stereocenters. The van der Waals surface area contributed by atoms with Crippen molar-refractivity contribution in [3.05, 3.63) is 57.6 Å². The molecular weight excluding hydrogens is 321 g/mol. The zero-order chi connectivity index (χ0) is 16.1. The van der Waals surface area contributed by atoms with E-state index in [1.807, 2.05) is 13.0 Å². The lowest BCUT2D eigenvalue weighted by atomic mass is 10.1. The van der Waals surface area contributed by atoms with E-state index in [0.717, 1.165) is 12.0 Å². The van der Waals surface area contributed by atoms with Gasteiger partial charge in [0.25, 0.3) is 0 Å². The van der Waals surface area contributed by atoms with Crippen molar-refractivity contribution in [2.75, 3.05) is 5.73 Å². The fourth-order valence-electron chi connectivity index (χ4n) is 2.02. The van der Waals surface area contributed by atoms with Crippen molar-refractivity contribution in [3.8, 4) is 5.75 Å². The lowest BCUT2D eigenvalue weighted by Crippen LogP contribution is -2.02. The molecule has 2 rings (SSSR count). The summed E-state index contributed by atoms with van der Waals surface area (Å²) >= 11 is 11.8. The summed E-state index contributed by atoms with van der Waals surface area (Å²) in [6, 6.07) is 10.4. The van der Waals surface area contributed by atoms with Gasteiger partial charge in [-0.1, -0.05) is 36.2 Å². The lowest BCUT2D eigenvalue weighted by molar-refractivity contribution is 0.0981. The largest absolute Gasteiger partial charge is 0.487 e. The molecule has 0 bridgehead atoms. The highest BCUT2D eigenvalue weighted by Gasteiger charge is 2.09. The van der Waals surface area contributed by atoms with E-state index >= 15 is 0 Å². The smallest absolute Gasteiger partial charge is 0.162 e. The number of ketones is 1. The van der Waals surface area contributed by atoms with Crippen LogP contribution in [0.5, 0.6) is 5.75 Å². The minimum Gasteiger partial charge on any atom is -0.487 e. The normalized spacial score (nSPS) is 10.5.